The Bertz CT molecular complexity index is 2260. The molecular formula is C33H19F2N3O4S. The van der Waals surface area contributed by atoms with Crippen molar-refractivity contribution in [3.05, 3.63) is 135 Å². The fourth-order valence-electron chi connectivity index (χ4n) is 6.20. The zero-order valence-corrected chi connectivity index (χ0v) is 23.2. The van der Waals surface area contributed by atoms with Crippen molar-refractivity contribution in [2.24, 2.45) is 0 Å². The van der Waals surface area contributed by atoms with Crippen molar-refractivity contribution in [3.63, 3.8) is 0 Å². The van der Waals surface area contributed by atoms with Gasteiger partial charge >= 0.3 is 0 Å². The lowest BCUT2D eigenvalue weighted by molar-refractivity contribution is -0.121. The Balaban J connectivity index is 1.46. The van der Waals surface area contributed by atoms with E-state index in [2.05, 4.69) is 0 Å². The number of aryl methyl sites for hydroxylation is 1. The van der Waals surface area contributed by atoms with E-state index in [-0.39, 0.29) is 39.5 Å². The first-order chi connectivity index (χ1) is 20.8. The number of fused-ring (bicyclic) bond motifs is 6. The maximum Gasteiger partial charge on any atom is 0.297 e. The fraction of sp³-hybridized carbons (Fsp3) is 0.0909. The third-order valence-corrected chi connectivity index (χ3v) is 9.10. The van der Waals surface area contributed by atoms with Crippen molar-refractivity contribution in [3.8, 4) is 0 Å². The molecule has 1 spiro atoms. The smallest absolute Gasteiger partial charge is 0.297 e. The number of anilines is 2. The van der Waals surface area contributed by atoms with Crippen LogP contribution in [0.5, 0.6) is 0 Å². The monoisotopic (exact) mass is 591 g/mol. The third kappa shape index (κ3) is 3.38. The number of hydrogen-bond donors (Lipinski definition) is 0. The largest absolute Gasteiger partial charge is 0.450 e. The molecule has 0 bridgehead atoms. The predicted molar refractivity (Wildman–Crippen MR) is 158 cm³/mol. The summed E-state index contributed by atoms with van der Waals surface area (Å²) in [6.45, 7) is 1.77. The molecule has 8 rings (SSSR count). The maximum atomic E-state index is 15.0. The summed E-state index contributed by atoms with van der Waals surface area (Å²) in [5, 5.41) is 0.0769. The summed E-state index contributed by atoms with van der Waals surface area (Å²) >= 11 is 1.20. The van der Waals surface area contributed by atoms with E-state index in [9.17, 15) is 23.2 Å². The molecule has 1 atom stereocenters. The summed E-state index contributed by atoms with van der Waals surface area (Å²) in [5.74, 6) is -2.88. The van der Waals surface area contributed by atoms with Gasteiger partial charge in [-0.15, -0.1) is 0 Å². The van der Waals surface area contributed by atoms with Gasteiger partial charge in [-0.3, -0.25) is 19.3 Å². The molecule has 4 heterocycles. The average molecular weight is 592 g/mol. The molecule has 0 N–H and O–H groups in total. The summed E-state index contributed by atoms with van der Waals surface area (Å²) in [6.07, 6.45) is 0. The van der Waals surface area contributed by atoms with Crippen LogP contribution in [0.3, 0.4) is 0 Å². The van der Waals surface area contributed by atoms with Crippen molar-refractivity contribution in [2.75, 3.05) is 9.80 Å². The summed E-state index contributed by atoms with van der Waals surface area (Å²) in [5.41, 5.74) is -0.370. The molecule has 1 unspecified atom stereocenters. The molecule has 0 aliphatic carbocycles. The highest BCUT2D eigenvalue weighted by Gasteiger charge is 2.66. The van der Waals surface area contributed by atoms with E-state index in [1.807, 2.05) is 25.1 Å². The van der Waals surface area contributed by atoms with E-state index in [4.69, 9.17) is 9.40 Å². The zero-order valence-electron chi connectivity index (χ0n) is 22.4. The van der Waals surface area contributed by atoms with Crippen LogP contribution in [-0.4, -0.2) is 16.8 Å². The van der Waals surface area contributed by atoms with Crippen LogP contribution in [0.25, 0.3) is 21.2 Å². The molecule has 0 saturated carbocycles. The van der Waals surface area contributed by atoms with E-state index in [0.717, 1.165) is 22.4 Å². The van der Waals surface area contributed by atoms with E-state index in [0.29, 0.717) is 16.8 Å². The normalized spacial score (nSPS) is 17.5. The van der Waals surface area contributed by atoms with Crippen molar-refractivity contribution < 1.29 is 22.8 Å². The highest BCUT2D eigenvalue weighted by molar-refractivity contribution is 7.22. The summed E-state index contributed by atoms with van der Waals surface area (Å²) in [6, 6.07) is 21.9. The molecule has 2 aliphatic heterocycles. The van der Waals surface area contributed by atoms with Gasteiger partial charge in [-0.05, 0) is 55.0 Å². The number of thiazole rings is 1. The third-order valence-electron chi connectivity index (χ3n) is 8.10. The summed E-state index contributed by atoms with van der Waals surface area (Å²) in [4.78, 5) is 51.0. The molecule has 2 aromatic heterocycles. The minimum atomic E-state index is -2.03. The van der Waals surface area contributed by atoms with E-state index < -0.39 is 34.4 Å². The first-order valence-electron chi connectivity index (χ1n) is 13.4. The lowest BCUT2D eigenvalue weighted by atomic mass is 9.84. The molecule has 0 radical (unpaired) electrons. The summed E-state index contributed by atoms with van der Waals surface area (Å²) in [7, 11) is 0. The van der Waals surface area contributed by atoms with Crippen molar-refractivity contribution >= 4 is 55.2 Å². The fourth-order valence-corrected chi connectivity index (χ4v) is 7.32. The van der Waals surface area contributed by atoms with Gasteiger partial charge in [0.25, 0.3) is 11.8 Å². The molecule has 7 nitrogen and oxygen atoms in total. The SMILES string of the molecule is Cc1ccc2nc(N3C(=O)c4oc5ccc(F)cc5c(=O)c4C34C(=O)N(Cc3ccccc3F)c3ccccc34)sc2c1. The first kappa shape index (κ1) is 25.5. The van der Waals surface area contributed by atoms with Gasteiger partial charge in [0, 0.05) is 11.1 Å². The summed E-state index contributed by atoms with van der Waals surface area (Å²) < 4.78 is 36.0. The maximum absolute atomic E-state index is 15.0. The molecule has 4 aromatic carbocycles. The minimum Gasteiger partial charge on any atom is -0.450 e. The Morgan fingerprint density at radius 1 is 0.930 bits per heavy atom. The molecule has 0 saturated heterocycles. The quantitative estimate of drug-likeness (QED) is 0.237. The lowest BCUT2D eigenvalue weighted by Crippen LogP contribution is -2.53. The number of para-hydroxylation sites is 1. The molecule has 6 aromatic rings. The second-order valence-electron chi connectivity index (χ2n) is 10.6. The van der Waals surface area contributed by atoms with Gasteiger partial charge in [-0.25, -0.2) is 13.8 Å². The zero-order chi connectivity index (χ0) is 29.6. The topological polar surface area (TPSA) is 83.7 Å². The number of carbonyl (C=O) groups excluding carboxylic acids is 2. The Kier molecular flexibility index (Phi) is 5.27. The Morgan fingerprint density at radius 3 is 2.56 bits per heavy atom. The average Bonchev–Trinajstić information content (AvgIpc) is 3.60. The number of aromatic nitrogens is 1. The predicted octanol–water partition coefficient (Wildman–Crippen LogP) is 6.44. The highest BCUT2D eigenvalue weighted by Crippen LogP contribution is 2.55. The molecule has 10 heteroatoms. The van der Waals surface area contributed by atoms with E-state index >= 15 is 0 Å². The second-order valence-corrected chi connectivity index (χ2v) is 11.6. The number of nitrogens with zero attached hydrogens (tertiary/aromatic N) is 3. The number of amides is 2. The number of benzene rings is 4. The van der Waals surface area contributed by atoms with Crippen LogP contribution >= 0.6 is 11.3 Å². The van der Waals surface area contributed by atoms with Crippen LogP contribution < -0.4 is 15.2 Å². The van der Waals surface area contributed by atoms with Crippen molar-refractivity contribution in [1.29, 1.82) is 0 Å². The number of halogens is 2. The molecule has 43 heavy (non-hydrogen) atoms. The standard InChI is InChI=1S/C33H19F2N3O4S/c1-17-10-12-23-26(14-17)43-32(36-23)38-30(40)29-27(28(39)20-15-19(34)11-13-25(20)42-29)33(38)21-7-3-5-9-24(21)37(31(33)41)16-18-6-2-4-8-22(18)35/h2-15H,16H2,1H3. The Morgan fingerprint density at radius 2 is 1.72 bits per heavy atom. The number of hydrogen-bond acceptors (Lipinski definition) is 6. The van der Waals surface area contributed by atoms with Gasteiger partial charge in [0.2, 0.25) is 5.76 Å². The van der Waals surface area contributed by atoms with Gasteiger partial charge in [0.05, 0.1) is 33.4 Å². The molecule has 2 aliphatic rings. The Labute approximate surface area is 246 Å². The van der Waals surface area contributed by atoms with Crippen LogP contribution in [0.4, 0.5) is 19.6 Å². The van der Waals surface area contributed by atoms with Crippen LogP contribution in [0, 0.1) is 18.6 Å². The molecular weight excluding hydrogens is 572 g/mol. The number of rotatable bonds is 3. The first-order valence-corrected chi connectivity index (χ1v) is 14.2. The van der Waals surface area contributed by atoms with Gasteiger partial charge < -0.3 is 9.32 Å². The van der Waals surface area contributed by atoms with Crippen LogP contribution in [0.2, 0.25) is 0 Å². The molecule has 210 valence electrons. The van der Waals surface area contributed by atoms with Gasteiger partial charge in [-0.2, -0.15) is 0 Å². The number of carbonyl (C=O) groups is 2. The minimum absolute atomic E-state index is 0.0115. The lowest BCUT2D eigenvalue weighted by Gasteiger charge is -2.32. The van der Waals surface area contributed by atoms with E-state index in [1.54, 1.807) is 42.5 Å². The van der Waals surface area contributed by atoms with Gasteiger partial charge in [0.1, 0.15) is 17.2 Å². The molecule has 0 fully saturated rings. The van der Waals surface area contributed by atoms with Crippen LogP contribution in [0.1, 0.15) is 32.8 Å². The second kappa shape index (κ2) is 8.89. The van der Waals surface area contributed by atoms with Gasteiger partial charge in [0.15, 0.2) is 16.1 Å². The van der Waals surface area contributed by atoms with Crippen LogP contribution in [-0.2, 0) is 16.9 Å². The highest BCUT2D eigenvalue weighted by atomic mass is 32.1. The van der Waals surface area contributed by atoms with Crippen LogP contribution in [0.15, 0.2) is 94.1 Å². The Hall–Kier alpha value is -5.22. The van der Waals surface area contributed by atoms with Crippen molar-refractivity contribution in [1.82, 2.24) is 4.98 Å². The molecule has 2 amide bonds. The van der Waals surface area contributed by atoms with Crippen molar-refractivity contribution in [2.45, 2.75) is 19.0 Å². The van der Waals surface area contributed by atoms with E-state index in [1.165, 1.54) is 33.3 Å². The van der Waals surface area contributed by atoms with Gasteiger partial charge in [-0.1, -0.05) is 53.8 Å².